The van der Waals surface area contributed by atoms with Crippen LogP contribution in [-0.2, 0) is 0 Å². The van der Waals surface area contributed by atoms with Gasteiger partial charge in [0.1, 0.15) is 0 Å². The highest BCUT2D eigenvalue weighted by Gasteiger charge is 2.28. The second kappa shape index (κ2) is 4.86. The van der Waals surface area contributed by atoms with E-state index in [9.17, 15) is 5.11 Å². The van der Waals surface area contributed by atoms with Gasteiger partial charge in [-0.3, -0.25) is 0 Å². The van der Waals surface area contributed by atoms with Crippen LogP contribution in [0.1, 0.15) is 52.4 Å². The van der Waals surface area contributed by atoms with Crippen LogP contribution >= 0.6 is 0 Å². The summed E-state index contributed by atoms with van der Waals surface area (Å²) in [5, 5.41) is 9.57. The molecule has 2 unspecified atom stereocenters. The Morgan fingerprint density at radius 2 is 2.00 bits per heavy atom. The predicted molar refractivity (Wildman–Crippen MR) is 52.0 cm³/mol. The first-order valence-corrected chi connectivity index (χ1v) is 5.42. The molecule has 0 radical (unpaired) electrons. The van der Waals surface area contributed by atoms with Gasteiger partial charge in [-0.2, -0.15) is 0 Å². The highest BCUT2D eigenvalue weighted by molar-refractivity contribution is 4.80. The zero-order valence-corrected chi connectivity index (χ0v) is 8.42. The Morgan fingerprint density at radius 3 is 2.50 bits per heavy atom. The van der Waals surface area contributed by atoms with E-state index in [1.165, 1.54) is 32.1 Å². The van der Waals surface area contributed by atoms with Gasteiger partial charge in [-0.1, -0.05) is 33.1 Å². The Hall–Kier alpha value is -0.0400. The summed E-state index contributed by atoms with van der Waals surface area (Å²) in [6.07, 6.45) is 7.38. The molecule has 1 aliphatic rings. The topological polar surface area (TPSA) is 20.2 Å². The summed E-state index contributed by atoms with van der Waals surface area (Å²) in [7, 11) is 0. The summed E-state index contributed by atoms with van der Waals surface area (Å²) < 4.78 is 0. The van der Waals surface area contributed by atoms with Crippen molar-refractivity contribution >= 4 is 0 Å². The molecule has 0 saturated heterocycles. The van der Waals surface area contributed by atoms with Crippen LogP contribution in [0.2, 0.25) is 0 Å². The van der Waals surface area contributed by atoms with Crippen molar-refractivity contribution < 1.29 is 5.11 Å². The number of aliphatic hydroxyl groups is 1. The first-order chi connectivity index (χ1) is 5.74. The van der Waals surface area contributed by atoms with Crippen LogP contribution in [0.5, 0.6) is 0 Å². The minimum Gasteiger partial charge on any atom is -0.393 e. The molecule has 0 amide bonds. The summed E-state index contributed by atoms with van der Waals surface area (Å²) in [5.74, 6) is 1.51. The monoisotopic (exact) mass is 170 g/mol. The molecule has 1 heteroatoms. The van der Waals surface area contributed by atoms with Gasteiger partial charge in [-0.15, -0.1) is 0 Å². The molecule has 1 aliphatic carbocycles. The third-order valence-corrected chi connectivity index (χ3v) is 3.06. The Morgan fingerprint density at radius 1 is 1.33 bits per heavy atom. The van der Waals surface area contributed by atoms with Gasteiger partial charge in [0, 0.05) is 0 Å². The standard InChI is InChI=1S/C11H22O/c1-3-9(2)5-4-6-11(12)10-7-8-10/h9-12H,3-8H2,1-2H3. The summed E-state index contributed by atoms with van der Waals surface area (Å²) in [6.45, 7) is 4.53. The molecule has 0 aromatic heterocycles. The van der Waals surface area contributed by atoms with Crippen LogP contribution in [0.15, 0.2) is 0 Å². The molecule has 1 nitrogen and oxygen atoms in total. The van der Waals surface area contributed by atoms with Crippen molar-refractivity contribution in [2.24, 2.45) is 11.8 Å². The molecule has 1 rings (SSSR count). The van der Waals surface area contributed by atoms with Crippen molar-refractivity contribution in [3.8, 4) is 0 Å². The van der Waals surface area contributed by atoms with Gasteiger partial charge in [0.2, 0.25) is 0 Å². The normalized spacial score (nSPS) is 22.2. The molecular weight excluding hydrogens is 148 g/mol. The maximum absolute atomic E-state index is 9.57. The zero-order chi connectivity index (χ0) is 8.97. The summed E-state index contributed by atoms with van der Waals surface area (Å²) in [4.78, 5) is 0. The van der Waals surface area contributed by atoms with Crippen molar-refractivity contribution in [1.29, 1.82) is 0 Å². The lowest BCUT2D eigenvalue weighted by atomic mass is 9.99. The molecule has 1 saturated carbocycles. The van der Waals surface area contributed by atoms with Crippen LogP contribution in [0.4, 0.5) is 0 Å². The van der Waals surface area contributed by atoms with E-state index in [0.29, 0.717) is 5.92 Å². The van der Waals surface area contributed by atoms with Gasteiger partial charge < -0.3 is 5.11 Å². The smallest absolute Gasteiger partial charge is 0.0568 e. The van der Waals surface area contributed by atoms with Gasteiger partial charge in [0.25, 0.3) is 0 Å². The molecule has 0 spiro atoms. The summed E-state index contributed by atoms with van der Waals surface area (Å²) in [5.41, 5.74) is 0. The van der Waals surface area contributed by atoms with Crippen LogP contribution < -0.4 is 0 Å². The van der Waals surface area contributed by atoms with Crippen molar-refractivity contribution in [3.63, 3.8) is 0 Å². The highest BCUT2D eigenvalue weighted by atomic mass is 16.3. The van der Waals surface area contributed by atoms with E-state index in [2.05, 4.69) is 13.8 Å². The van der Waals surface area contributed by atoms with E-state index in [1.807, 2.05) is 0 Å². The number of hydrogen-bond donors (Lipinski definition) is 1. The van der Waals surface area contributed by atoms with E-state index in [4.69, 9.17) is 0 Å². The minimum absolute atomic E-state index is 0.0223. The Kier molecular flexibility index (Phi) is 4.07. The molecule has 72 valence electrons. The van der Waals surface area contributed by atoms with E-state index >= 15 is 0 Å². The average molecular weight is 170 g/mol. The summed E-state index contributed by atoms with van der Waals surface area (Å²) in [6, 6.07) is 0. The maximum Gasteiger partial charge on any atom is 0.0568 e. The molecule has 2 atom stereocenters. The molecule has 1 fully saturated rings. The molecular formula is C11H22O. The summed E-state index contributed by atoms with van der Waals surface area (Å²) >= 11 is 0. The Labute approximate surface area is 76.2 Å². The molecule has 0 bridgehead atoms. The molecule has 0 aromatic carbocycles. The zero-order valence-electron chi connectivity index (χ0n) is 8.42. The third kappa shape index (κ3) is 3.57. The Balaban J connectivity index is 1.93. The lowest BCUT2D eigenvalue weighted by Gasteiger charge is -2.11. The van der Waals surface area contributed by atoms with Crippen LogP contribution in [0, 0.1) is 11.8 Å². The van der Waals surface area contributed by atoms with Crippen LogP contribution in [0.3, 0.4) is 0 Å². The first-order valence-electron chi connectivity index (χ1n) is 5.42. The molecule has 12 heavy (non-hydrogen) atoms. The minimum atomic E-state index is 0.0223. The third-order valence-electron chi connectivity index (χ3n) is 3.06. The van der Waals surface area contributed by atoms with Crippen molar-refractivity contribution in [1.82, 2.24) is 0 Å². The molecule has 0 heterocycles. The van der Waals surface area contributed by atoms with Crippen molar-refractivity contribution in [2.75, 3.05) is 0 Å². The van der Waals surface area contributed by atoms with Crippen LogP contribution in [0.25, 0.3) is 0 Å². The predicted octanol–water partition coefficient (Wildman–Crippen LogP) is 2.97. The molecule has 0 aromatic rings. The van der Waals surface area contributed by atoms with Gasteiger partial charge >= 0.3 is 0 Å². The fraction of sp³-hybridized carbons (Fsp3) is 1.00. The lowest BCUT2D eigenvalue weighted by Crippen LogP contribution is -2.09. The van der Waals surface area contributed by atoms with Gasteiger partial charge in [-0.05, 0) is 31.1 Å². The largest absolute Gasteiger partial charge is 0.393 e. The fourth-order valence-corrected chi connectivity index (χ4v) is 1.60. The van der Waals surface area contributed by atoms with Crippen molar-refractivity contribution in [2.45, 2.75) is 58.5 Å². The number of aliphatic hydroxyl groups excluding tert-OH is 1. The van der Waals surface area contributed by atoms with E-state index < -0.39 is 0 Å². The number of rotatable bonds is 6. The first kappa shape index (κ1) is 10.0. The van der Waals surface area contributed by atoms with Gasteiger partial charge in [-0.25, -0.2) is 0 Å². The van der Waals surface area contributed by atoms with E-state index in [1.54, 1.807) is 0 Å². The maximum atomic E-state index is 9.57. The second-order valence-electron chi connectivity index (χ2n) is 4.35. The highest BCUT2D eigenvalue weighted by Crippen LogP contribution is 2.34. The SMILES string of the molecule is CCC(C)CCCC(O)C1CC1. The van der Waals surface area contributed by atoms with Gasteiger partial charge in [0.15, 0.2) is 0 Å². The lowest BCUT2D eigenvalue weighted by molar-refractivity contribution is 0.136. The average Bonchev–Trinajstić information content (AvgIpc) is 2.86. The van der Waals surface area contributed by atoms with E-state index in [-0.39, 0.29) is 6.10 Å². The molecule has 1 N–H and O–H groups in total. The number of hydrogen-bond acceptors (Lipinski definition) is 1. The van der Waals surface area contributed by atoms with Crippen LogP contribution in [-0.4, -0.2) is 11.2 Å². The van der Waals surface area contributed by atoms with Gasteiger partial charge in [0.05, 0.1) is 6.10 Å². The fourth-order valence-electron chi connectivity index (χ4n) is 1.60. The van der Waals surface area contributed by atoms with Crippen molar-refractivity contribution in [3.05, 3.63) is 0 Å². The van der Waals surface area contributed by atoms with E-state index in [0.717, 1.165) is 12.3 Å². The second-order valence-corrected chi connectivity index (χ2v) is 4.35. The quantitative estimate of drug-likeness (QED) is 0.649. The molecule has 0 aliphatic heterocycles. The Bertz CT molecular complexity index is 118.